The van der Waals surface area contributed by atoms with Crippen LogP contribution in [-0.2, 0) is 0 Å². The summed E-state index contributed by atoms with van der Waals surface area (Å²) in [5, 5.41) is 3.24. The molecular weight excluding hydrogens is 434 g/mol. The van der Waals surface area contributed by atoms with Gasteiger partial charge in [0.25, 0.3) is 0 Å². The summed E-state index contributed by atoms with van der Waals surface area (Å²) in [5.41, 5.74) is 0. The third-order valence-corrected chi connectivity index (χ3v) is 8.28. The standard InChI is InChI=1S/C35H73N/c1-3-4-5-6-7-8-9-10-11-12-13-14-15-16-17-18-19-20-21-22-23-24-25-26-27-28-29-30-31-32-33-34-35-36-2/h36H,3-35H2,1-2H3. The molecule has 0 aliphatic rings. The van der Waals surface area contributed by atoms with Gasteiger partial charge in [0.2, 0.25) is 0 Å². The lowest BCUT2D eigenvalue weighted by Gasteiger charge is -2.05. The number of rotatable bonds is 33. The van der Waals surface area contributed by atoms with Gasteiger partial charge in [-0.25, -0.2) is 0 Å². The van der Waals surface area contributed by atoms with Crippen molar-refractivity contribution in [3.63, 3.8) is 0 Å². The Bertz CT molecular complexity index is 319. The first-order valence-corrected chi connectivity index (χ1v) is 17.6. The quantitative estimate of drug-likeness (QED) is 0.0870. The third-order valence-electron chi connectivity index (χ3n) is 8.28. The smallest absolute Gasteiger partial charge is 0.00519 e. The first-order chi connectivity index (χ1) is 17.9. The van der Waals surface area contributed by atoms with Crippen LogP contribution in [0.1, 0.15) is 212 Å². The van der Waals surface area contributed by atoms with Gasteiger partial charge in [-0.05, 0) is 20.0 Å². The van der Waals surface area contributed by atoms with Gasteiger partial charge in [-0.3, -0.25) is 0 Å². The van der Waals surface area contributed by atoms with Crippen LogP contribution in [0.15, 0.2) is 0 Å². The SMILES string of the molecule is CCCCCCCCCCCCCCCCCCCCCCCCCCCCCCCCCCNC. The van der Waals surface area contributed by atoms with Crippen LogP contribution in [0.4, 0.5) is 0 Å². The molecule has 0 aliphatic heterocycles. The third kappa shape index (κ3) is 34.0. The summed E-state index contributed by atoms with van der Waals surface area (Å²) < 4.78 is 0. The van der Waals surface area contributed by atoms with E-state index in [1.807, 2.05) is 0 Å². The summed E-state index contributed by atoms with van der Waals surface area (Å²) in [6, 6.07) is 0. The molecule has 218 valence electrons. The maximum Gasteiger partial charge on any atom is -0.00519 e. The molecule has 0 aromatic carbocycles. The highest BCUT2D eigenvalue weighted by Gasteiger charge is 1.97. The van der Waals surface area contributed by atoms with E-state index in [2.05, 4.69) is 19.3 Å². The molecule has 1 nitrogen and oxygen atoms in total. The predicted octanol–water partition coefficient (Wildman–Crippen LogP) is 12.7. The fraction of sp³-hybridized carbons (Fsp3) is 1.00. The van der Waals surface area contributed by atoms with E-state index in [-0.39, 0.29) is 0 Å². The summed E-state index contributed by atoms with van der Waals surface area (Å²) in [6.45, 7) is 3.50. The zero-order valence-electron chi connectivity index (χ0n) is 25.8. The summed E-state index contributed by atoms with van der Waals surface area (Å²) >= 11 is 0. The molecule has 0 aromatic heterocycles. The summed E-state index contributed by atoms with van der Waals surface area (Å²) in [5.74, 6) is 0. The molecule has 0 heterocycles. The van der Waals surface area contributed by atoms with E-state index in [0.717, 1.165) is 0 Å². The monoisotopic (exact) mass is 508 g/mol. The minimum absolute atomic E-state index is 1.19. The first kappa shape index (κ1) is 36.0. The Morgan fingerprint density at radius 1 is 0.250 bits per heavy atom. The number of nitrogens with one attached hydrogen (secondary N) is 1. The average Bonchev–Trinajstić information content (AvgIpc) is 2.89. The van der Waals surface area contributed by atoms with E-state index in [9.17, 15) is 0 Å². The van der Waals surface area contributed by atoms with Crippen molar-refractivity contribution < 1.29 is 0 Å². The number of hydrogen-bond donors (Lipinski definition) is 1. The van der Waals surface area contributed by atoms with Crippen molar-refractivity contribution >= 4 is 0 Å². The molecular formula is C35H73N. The van der Waals surface area contributed by atoms with Gasteiger partial charge in [0.15, 0.2) is 0 Å². The Balaban J connectivity index is 3.00. The zero-order chi connectivity index (χ0) is 26.0. The normalized spacial score (nSPS) is 11.5. The fourth-order valence-corrected chi connectivity index (χ4v) is 5.68. The van der Waals surface area contributed by atoms with E-state index in [1.54, 1.807) is 0 Å². The summed E-state index contributed by atoms with van der Waals surface area (Å²) in [4.78, 5) is 0. The highest BCUT2D eigenvalue weighted by atomic mass is 14.8. The molecule has 0 spiro atoms. The lowest BCUT2D eigenvalue weighted by molar-refractivity contribution is 0.511. The molecule has 0 amide bonds. The first-order valence-electron chi connectivity index (χ1n) is 17.6. The second-order valence-corrected chi connectivity index (χ2v) is 12.1. The molecule has 0 unspecified atom stereocenters. The number of hydrogen-bond acceptors (Lipinski definition) is 1. The molecule has 36 heavy (non-hydrogen) atoms. The van der Waals surface area contributed by atoms with E-state index >= 15 is 0 Å². The van der Waals surface area contributed by atoms with Crippen molar-refractivity contribution in [1.29, 1.82) is 0 Å². The Labute approximate surface area is 231 Å². The fourth-order valence-electron chi connectivity index (χ4n) is 5.68. The van der Waals surface area contributed by atoms with Gasteiger partial charge < -0.3 is 5.32 Å². The van der Waals surface area contributed by atoms with Crippen LogP contribution in [0.25, 0.3) is 0 Å². The highest BCUT2D eigenvalue weighted by molar-refractivity contribution is 4.53. The van der Waals surface area contributed by atoms with Gasteiger partial charge in [-0.1, -0.05) is 206 Å². The lowest BCUT2D eigenvalue weighted by atomic mass is 10.0. The zero-order valence-corrected chi connectivity index (χ0v) is 25.8. The summed E-state index contributed by atoms with van der Waals surface area (Å²) in [7, 11) is 2.06. The van der Waals surface area contributed by atoms with Crippen LogP contribution < -0.4 is 5.32 Å². The van der Waals surface area contributed by atoms with E-state index in [4.69, 9.17) is 0 Å². The summed E-state index contributed by atoms with van der Waals surface area (Å²) in [6.07, 6.45) is 47.2. The Hall–Kier alpha value is -0.0400. The minimum atomic E-state index is 1.19. The second kappa shape index (κ2) is 35.0. The van der Waals surface area contributed by atoms with Gasteiger partial charge in [0, 0.05) is 0 Å². The predicted molar refractivity (Wildman–Crippen MR) is 167 cm³/mol. The van der Waals surface area contributed by atoms with Gasteiger partial charge in [-0.2, -0.15) is 0 Å². The van der Waals surface area contributed by atoms with Crippen molar-refractivity contribution in [2.45, 2.75) is 212 Å². The number of unbranched alkanes of at least 4 members (excludes halogenated alkanes) is 31. The van der Waals surface area contributed by atoms with Crippen LogP contribution in [0, 0.1) is 0 Å². The van der Waals surface area contributed by atoms with Gasteiger partial charge >= 0.3 is 0 Å². The van der Waals surface area contributed by atoms with Gasteiger partial charge in [0.1, 0.15) is 0 Å². The van der Waals surface area contributed by atoms with E-state index < -0.39 is 0 Å². The molecule has 0 atom stereocenters. The average molecular weight is 508 g/mol. The molecule has 0 aliphatic carbocycles. The van der Waals surface area contributed by atoms with Crippen molar-refractivity contribution in [3.8, 4) is 0 Å². The molecule has 0 rings (SSSR count). The van der Waals surface area contributed by atoms with Crippen molar-refractivity contribution in [3.05, 3.63) is 0 Å². The Morgan fingerprint density at radius 3 is 0.583 bits per heavy atom. The molecule has 1 heteroatoms. The molecule has 0 fully saturated rings. The minimum Gasteiger partial charge on any atom is -0.320 e. The molecule has 0 saturated carbocycles. The molecule has 0 bridgehead atoms. The van der Waals surface area contributed by atoms with Gasteiger partial charge in [-0.15, -0.1) is 0 Å². The van der Waals surface area contributed by atoms with Crippen molar-refractivity contribution in [1.82, 2.24) is 5.32 Å². The maximum atomic E-state index is 3.24. The Morgan fingerprint density at radius 2 is 0.417 bits per heavy atom. The Kier molecular flexibility index (Phi) is 34.9. The molecule has 0 saturated heterocycles. The van der Waals surface area contributed by atoms with Crippen LogP contribution in [0.2, 0.25) is 0 Å². The van der Waals surface area contributed by atoms with Crippen LogP contribution >= 0.6 is 0 Å². The van der Waals surface area contributed by atoms with E-state index in [0.29, 0.717) is 0 Å². The highest BCUT2D eigenvalue weighted by Crippen LogP contribution is 2.16. The lowest BCUT2D eigenvalue weighted by Crippen LogP contribution is -2.06. The molecule has 1 N–H and O–H groups in total. The molecule has 0 radical (unpaired) electrons. The van der Waals surface area contributed by atoms with Crippen LogP contribution in [0.3, 0.4) is 0 Å². The van der Waals surface area contributed by atoms with E-state index in [1.165, 1.54) is 212 Å². The van der Waals surface area contributed by atoms with Gasteiger partial charge in [0.05, 0.1) is 0 Å². The van der Waals surface area contributed by atoms with Crippen molar-refractivity contribution in [2.75, 3.05) is 13.6 Å². The maximum absolute atomic E-state index is 3.24. The van der Waals surface area contributed by atoms with Crippen LogP contribution in [-0.4, -0.2) is 13.6 Å². The van der Waals surface area contributed by atoms with Crippen molar-refractivity contribution in [2.24, 2.45) is 0 Å². The topological polar surface area (TPSA) is 12.0 Å². The second-order valence-electron chi connectivity index (χ2n) is 12.1. The van der Waals surface area contributed by atoms with Crippen LogP contribution in [0.5, 0.6) is 0 Å². The molecule has 0 aromatic rings. The largest absolute Gasteiger partial charge is 0.320 e.